The number of hydrogen-bond donors (Lipinski definition) is 1. The van der Waals surface area contributed by atoms with E-state index in [1.165, 1.54) is 0 Å². The lowest BCUT2D eigenvalue weighted by Gasteiger charge is -2.31. The minimum absolute atomic E-state index is 0.0634. The molecule has 88 valence electrons. The summed E-state index contributed by atoms with van der Waals surface area (Å²) in [7, 11) is 0. The molecule has 0 radical (unpaired) electrons. The Kier molecular flexibility index (Phi) is 4.09. The van der Waals surface area contributed by atoms with Gasteiger partial charge in [-0.15, -0.1) is 0 Å². The molecule has 0 bridgehead atoms. The van der Waals surface area contributed by atoms with E-state index in [-0.39, 0.29) is 6.10 Å². The van der Waals surface area contributed by atoms with Gasteiger partial charge in [0.15, 0.2) is 0 Å². The third-order valence-electron chi connectivity index (χ3n) is 3.02. The van der Waals surface area contributed by atoms with Crippen LogP contribution >= 0.6 is 23.2 Å². The Balaban J connectivity index is 2.23. The number of nitrogens with two attached hydrogens (primary N) is 1. The van der Waals surface area contributed by atoms with Gasteiger partial charge in [-0.2, -0.15) is 0 Å². The highest BCUT2D eigenvalue weighted by Gasteiger charge is 2.26. The van der Waals surface area contributed by atoms with Crippen LogP contribution in [0.1, 0.15) is 24.5 Å². The maximum atomic E-state index is 6.01. The van der Waals surface area contributed by atoms with E-state index in [1.54, 1.807) is 0 Å². The molecule has 0 amide bonds. The molecule has 2 rings (SSSR count). The molecular weight excluding hydrogens is 245 g/mol. The van der Waals surface area contributed by atoms with Gasteiger partial charge in [-0.3, -0.25) is 0 Å². The van der Waals surface area contributed by atoms with Crippen LogP contribution in [0.4, 0.5) is 0 Å². The molecule has 1 aromatic rings. The average molecular weight is 260 g/mol. The van der Waals surface area contributed by atoms with Crippen molar-refractivity contribution < 1.29 is 4.74 Å². The van der Waals surface area contributed by atoms with E-state index in [1.807, 2.05) is 18.2 Å². The van der Waals surface area contributed by atoms with E-state index in [2.05, 4.69) is 0 Å². The van der Waals surface area contributed by atoms with Gasteiger partial charge in [0, 0.05) is 12.5 Å². The van der Waals surface area contributed by atoms with Crippen molar-refractivity contribution in [3.05, 3.63) is 33.8 Å². The molecule has 2 atom stereocenters. The van der Waals surface area contributed by atoms with E-state index in [9.17, 15) is 0 Å². The zero-order valence-corrected chi connectivity index (χ0v) is 10.5. The van der Waals surface area contributed by atoms with E-state index in [4.69, 9.17) is 33.7 Å². The van der Waals surface area contributed by atoms with Crippen LogP contribution in [0, 0.1) is 5.92 Å². The lowest BCUT2D eigenvalue weighted by atomic mass is 9.90. The number of halogens is 2. The van der Waals surface area contributed by atoms with E-state index >= 15 is 0 Å². The fraction of sp³-hybridized carbons (Fsp3) is 0.500. The molecule has 16 heavy (non-hydrogen) atoms. The zero-order chi connectivity index (χ0) is 11.5. The predicted octanol–water partition coefficient (Wildman–Crippen LogP) is 3.42. The van der Waals surface area contributed by atoms with Crippen molar-refractivity contribution in [3.8, 4) is 0 Å². The van der Waals surface area contributed by atoms with Crippen LogP contribution in [0.15, 0.2) is 18.2 Å². The van der Waals surface area contributed by atoms with Gasteiger partial charge in [0.2, 0.25) is 0 Å². The summed E-state index contributed by atoms with van der Waals surface area (Å²) in [4.78, 5) is 0. The van der Waals surface area contributed by atoms with Gasteiger partial charge in [-0.25, -0.2) is 0 Å². The maximum absolute atomic E-state index is 6.01. The van der Waals surface area contributed by atoms with Crippen molar-refractivity contribution in [1.82, 2.24) is 0 Å². The third kappa shape index (κ3) is 2.51. The molecule has 1 aliphatic rings. The van der Waals surface area contributed by atoms with Crippen molar-refractivity contribution in [2.75, 3.05) is 13.2 Å². The summed E-state index contributed by atoms with van der Waals surface area (Å²) in [6.45, 7) is 1.44. The smallest absolute Gasteiger partial charge is 0.0865 e. The Bertz CT molecular complexity index is 370. The third-order valence-corrected chi connectivity index (χ3v) is 3.76. The summed E-state index contributed by atoms with van der Waals surface area (Å²) in [5.74, 6) is 0.381. The highest BCUT2D eigenvalue weighted by Crippen LogP contribution is 2.35. The lowest BCUT2D eigenvalue weighted by Crippen LogP contribution is -2.28. The molecule has 0 spiro atoms. The number of rotatable bonds is 2. The first-order valence-corrected chi connectivity index (χ1v) is 6.24. The fourth-order valence-electron chi connectivity index (χ4n) is 2.14. The monoisotopic (exact) mass is 259 g/mol. The molecule has 1 fully saturated rings. The standard InChI is InChI=1S/C12H15Cl2NO/c13-10-4-3-8(6-11(10)14)12-9(7-15)2-1-5-16-12/h3-4,6,9,12H,1-2,5,7,15H2. The molecule has 0 saturated carbocycles. The first kappa shape index (κ1) is 12.2. The molecule has 0 aliphatic carbocycles. The number of hydrogen-bond acceptors (Lipinski definition) is 2. The topological polar surface area (TPSA) is 35.2 Å². The van der Waals surface area contributed by atoms with Crippen molar-refractivity contribution in [3.63, 3.8) is 0 Å². The van der Waals surface area contributed by atoms with E-state index in [0.717, 1.165) is 25.0 Å². The van der Waals surface area contributed by atoms with Crippen molar-refractivity contribution in [2.24, 2.45) is 11.7 Å². The van der Waals surface area contributed by atoms with E-state index in [0.29, 0.717) is 22.5 Å². The predicted molar refractivity (Wildman–Crippen MR) is 66.9 cm³/mol. The van der Waals surface area contributed by atoms with Crippen LogP contribution in [0.2, 0.25) is 10.0 Å². The Hall–Kier alpha value is -0.280. The lowest BCUT2D eigenvalue weighted by molar-refractivity contribution is -0.0251. The maximum Gasteiger partial charge on any atom is 0.0865 e. The second-order valence-corrected chi connectivity index (χ2v) is 4.92. The van der Waals surface area contributed by atoms with Crippen LogP contribution in [0.25, 0.3) is 0 Å². The van der Waals surface area contributed by atoms with Crippen LogP contribution < -0.4 is 5.73 Å². The molecular formula is C12H15Cl2NO. The van der Waals surface area contributed by atoms with Gasteiger partial charge in [0.25, 0.3) is 0 Å². The Morgan fingerprint density at radius 1 is 1.31 bits per heavy atom. The molecule has 0 aromatic heterocycles. The summed E-state index contributed by atoms with van der Waals surface area (Å²) < 4.78 is 5.78. The molecule has 1 saturated heterocycles. The fourth-order valence-corrected chi connectivity index (χ4v) is 2.45. The largest absolute Gasteiger partial charge is 0.373 e. The first-order chi connectivity index (χ1) is 7.72. The molecule has 1 heterocycles. The SMILES string of the molecule is NCC1CCCOC1c1ccc(Cl)c(Cl)c1. The normalized spacial score (nSPS) is 25.7. The Labute approximate surface area is 106 Å². The van der Waals surface area contributed by atoms with Gasteiger partial charge in [-0.1, -0.05) is 29.3 Å². The number of ether oxygens (including phenoxy) is 1. The second-order valence-electron chi connectivity index (χ2n) is 4.10. The van der Waals surface area contributed by atoms with Crippen LogP contribution in [-0.4, -0.2) is 13.2 Å². The Morgan fingerprint density at radius 3 is 2.81 bits per heavy atom. The van der Waals surface area contributed by atoms with Gasteiger partial charge < -0.3 is 10.5 Å². The summed E-state index contributed by atoms with van der Waals surface area (Å²) in [5, 5.41) is 1.15. The molecule has 1 aromatic carbocycles. The number of benzene rings is 1. The van der Waals surface area contributed by atoms with Gasteiger partial charge in [0.1, 0.15) is 0 Å². The molecule has 1 aliphatic heterocycles. The summed E-state index contributed by atoms with van der Waals surface area (Å²) in [6, 6.07) is 5.65. The van der Waals surface area contributed by atoms with Crippen molar-refractivity contribution >= 4 is 23.2 Å². The average Bonchev–Trinajstić information content (AvgIpc) is 2.32. The molecule has 2 N–H and O–H groups in total. The molecule has 4 heteroatoms. The van der Waals surface area contributed by atoms with E-state index < -0.39 is 0 Å². The van der Waals surface area contributed by atoms with Crippen LogP contribution in [0.3, 0.4) is 0 Å². The minimum atomic E-state index is 0.0634. The van der Waals surface area contributed by atoms with Crippen LogP contribution in [-0.2, 0) is 4.74 Å². The highest BCUT2D eigenvalue weighted by molar-refractivity contribution is 6.42. The van der Waals surface area contributed by atoms with Crippen LogP contribution in [0.5, 0.6) is 0 Å². The summed E-state index contributed by atoms with van der Waals surface area (Å²) in [5.41, 5.74) is 6.83. The summed E-state index contributed by atoms with van der Waals surface area (Å²) in [6.07, 6.45) is 2.26. The van der Waals surface area contributed by atoms with Gasteiger partial charge >= 0.3 is 0 Å². The van der Waals surface area contributed by atoms with Crippen molar-refractivity contribution in [1.29, 1.82) is 0 Å². The second kappa shape index (κ2) is 5.37. The van der Waals surface area contributed by atoms with Gasteiger partial charge in [-0.05, 0) is 37.1 Å². The molecule has 2 unspecified atom stereocenters. The zero-order valence-electron chi connectivity index (χ0n) is 8.96. The Morgan fingerprint density at radius 2 is 2.12 bits per heavy atom. The molecule has 2 nitrogen and oxygen atoms in total. The summed E-state index contributed by atoms with van der Waals surface area (Å²) >= 11 is 11.9. The van der Waals surface area contributed by atoms with Gasteiger partial charge in [0.05, 0.1) is 16.1 Å². The highest BCUT2D eigenvalue weighted by atomic mass is 35.5. The first-order valence-electron chi connectivity index (χ1n) is 5.49. The van der Waals surface area contributed by atoms with Crippen molar-refractivity contribution in [2.45, 2.75) is 18.9 Å². The minimum Gasteiger partial charge on any atom is -0.373 e. The quantitative estimate of drug-likeness (QED) is 0.884.